The molecule has 1 aromatic rings. The fourth-order valence-corrected chi connectivity index (χ4v) is 2.86. The van der Waals surface area contributed by atoms with Crippen molar-refractivity contribution in [3.63, 3.8) is 0 Å². The van der Waals surface area contributed by atoms with Gasteiger partial charge in [-0.15, -0.1) is 24.0 Å². The molecule has 1 aromatic heterocycles. The first-order chi connectivity index (χ1) is 12.4. The highest BCUT2D eigenvalue weighted by Gasteiger charge is 2.10. The van der Waals surface area contributed by atoms with E-state index in [1.807, 2.05) is 26.0 Å². The Bertz CT molecular complexity index is 671. The molecule has 0 aromatic carbocycles. The Morgan fingerprint density at radius 1 is 1.37 bits per heavy atom. The van der Waals surface area contributed by atoms with Crippen LogP contribution in [0.15, 0.2) is 23.3 Å². The molecule has 2 N–H and O–H groups in total. The van der Waals surface area contributed by atoms with Crippen LogP contribution in [0.2, 0.25) is 0 Å². The third-order valence-corrected chi connectivity index (χ3v) is 4.41. The molecule has 156 valence electrons. The fourth-order valence-electron chi connectivity index (χ4n) is 2.08. The van der Waals surface area contributed by atoms with Crippen molar-refractivity contribution in [2.75, 3.05) is 38.9 Å². The minimum absolute atomic E-state index is 0. The summed E-state index contributed by atoms with van der Waals surface area (Å²) in [5, 5.41) is 6.39. The largest absolute Gasteiger partial charge is 0.475 e. The molecular weight excluding hydrogens is 483 g/mol. The van der Waals surface area contributed by atoms with Gasteiger partial charge in [0.25, 0.3) is 0 Å². The summed E-state index contributed by atoms with van der Waals surface area (Å²) in [5.74, 6) is 1.30. The number of hydrogen-bond acceptors (Lipinski definition) is 6. The van der Waals surface area contributed by atoms with Crippen LogP contribution in [0.1, 0.15) is 25.8 Å². The molecule has 1 unspecified atom stereocenters. The number of guanidine groups is 1. The Kier molecular flexibility index (Phi) is 13.4. The average Bonchev–Trinajstić information content (AvgIpc) is 2.59. The van der Waals surface area contributed by atoms with Gasteiger partial charge < -0.3 is 20.1 Å². The maximum atomic E-state index is 11.3. The molecule has 0 saturated heterocycles. The first-order valence-electron chi connectivity index (χ1n) is 8.64. The van der Waals surface area contributed by atoms with Crippen LogP contribution in [0.25, 0.3) is 0 Å². The van der Waals surface area contributed by atoms with Crippen molar-refractivity contribution in [1.82, 2.24) is 15.6 Å². The number of nitrogens with one attached hydrogen (secondary N) is 2. The number of pyridine rings is 1. The highest BCUT2D eigenvalue weighted by molar-refractivity contribution is 14.0. The molecule has 27 heavy (non-hydrogen) atoms. The van der Waals surface area contributed by atoms with Crippen molar-refractivity contribution in [2.24, 2.45) is 4.99 Å². The minimum atomic E-state index is -2.97. The normalized spacial score (nSPS) is 12.8. The molecule has 0 fully saturated rings. The first kappa shape index (κ1) is 25.9. The molecule has 0 spiro atoms. The van der Waals surface area contributed by atoms with E-state index in [1.54, 1.807) is 13.3 Å². The molecular formula is C17H31IN4O4S. The number of rotatable bonds is 11. The predicted molar refractivity (Wildman–Crippen MR) is 119 cm³/mol. The molecule has 0 bridgehead atoms. The number of hydrogen-bond donors (Lipinski definition) is 2. The summed E-state index contributed by atoms with van der Waals surface area (Å²) in [5.41, 5.74) is 0.865. The van der Waals surface area contributed by atoms with Crippen LogP contribution in [-0.4, -0.2) is 64.3 Å². The van der Waals surface area contributed by atoms with Crippen LogP contribution >= 0.6 is 24.0 Å². The summed E-state index contributed by atoms with van der Waals surface area (Å²) in [6.45, 7) is 5.91. The Morgan fingerprint density at radius 3 is 2.74 bits per heavy atom. The monoisotopic (exact) mass is 514 g/mol. The van der Waals surface area contributed by atoms with Gasteiger partial charge in [0.05, 0.1) is 18.9 Å². The van der Waals surface area contributed by atoms with E-state index in [4.69, 9.17) is 9.47 Å². The SMILES string of the molecule is CCNC(=NCc1cccnc1OCCOC)NC(C)CCS(C)(=O)=O.I. The summed E-state index contributed by atoms with van der Waals surface area (Å²) >= 11 is 0. The van der Waals surface area contributed by atoms with E-state index in [-0.39, 0.29) is 35.8 Å². The maximum absolute atomic E-state index is 11.3. The van der Waals surface area contributed by atoms with Gasteiger partial charge in [-0.25, -0.2) is 18.4 Å². The average molecular weight is 514 g/mol. The van der Waals surface area contributed by atoms with Crippen LogP contribution in [-0.2, 0) is 21.1 Å². The topological polar surface area (TPSA) is 102 Å². The van der Waals surface area contributed by atoms with E-state index >= 15 is 0 Å². The van der Waals surface area contributed by atoms with Crippen molar-refractivity contribution in [1.29, 1.82) is 0 Å². The Labute approximate surface area is 179 Å². The molecule has 0 aliphatic carbocycles. The number of methoxy groups -OCH3 is 1. The van der Waals surface area contributed by atoms with Crippen LogP contribution < -0.4 is 15.4 Å². The molecule has 8 nitrogen and oxygen atoms in total. The van der Waals surface area contributed by atoms with E-state index < -0.39 is 9.84 Å². The smallest absolute Gasteiger partial charge is 0.218 e. The van der Waals surface area contributed by atoms with Gasteiger partial charge >= 0.3 is 0 Å². The van der Waals surface area contributed by atoms with Crippen molar-refractivity contribution in [2.45, 2.75) is 32.9 Å². The Morgan fingerprint density at radius 2 is 2.11 bits per heavy atom. The highest BCUT2D eigenvalue weighted by Crippen LogP contribution is 2.15. The van der Waals surface area contributed by atoms with Crippen molar-refractivity contribution in [3.8, 4) is 5.88 Å². The van der Waals surface area contributed by atoms with E-state index in [9.17, 15) is 8.42 Å². The number of ether oxygens (including phenoxy) is 2. The summed E-state index contributed by atoms with van der Waals surface area (Å²) in [6.07, 6.45) is 3.43. The molecule has 1 heterocycles. The lowest BCUT2D eigenvalue weighted by Crippen LogP contribution is -2.42. The number of aromatic nitrogens is 1. The van der Waals surface area contributed by atoms with Crippen LogP contribution in [0.3, 0.4) is 0 Å². The van der Waals surface area contributed by atoms with Crippen LogP contribution in [0.4, 0.5) is 0 Å². The Hall–Kier alpha value is -1.14. The number of aliphatic imine (C=N–C) groups is 1. The molecule has 0 radical (unpaired) electrons. The summed E-state index contributed by atoms with van der Waals surface area (Å²) in [6, 6.07) is 3.73. The summed E-state index contributed by atoms with van der Waals surface area (Å²) in [4.78, 5) is 8.79. The summed E-state index contributed by atoms with van der Waals surface area (Å²) < 4.78 is 33.2. The van der Waals surface area contributed by atoms with Gasteiger partial charge in [-0.3, -0.25) is 0 Å². The number of sulfone groups is 1. The van der Waals surface area contributed by atoms with Crippen molar-refractivity contribution < 1.29 is 17.9 Å². The molecule has 0 aliphatic heterocycles. The molecule has 1 atom stereocenters. The molecule has 0 amide bonds. The third-order valence-electron chi connectivity index (χ3n) is 3.43. The fraction of sp³-hybridized carbons (Fsp3) is 0.647. The molecule has 10 heteroatoms. The lowest BCUT2D eigenvalue weighted by molar-refractivity contribution is 0.143. The molecule has 0 saturated carbocycles. The van der Waals surface area contributed by atoms with Gasteiger partial charge in [0.1, 0.15) is 16.4 Å². The van der Waals surface area contributed by atoms with E-state index in [0.29, 0.717) is 44.6 Å². The predicted octanol–water partition coefficient (Wildman–Crippen LogP) is 1.60. The quantitative estimate of drug-likeness (QED) is 0.200. The van der Waals surface area contributed by atoms with E-state index in [0.717, 1.165) is 5.56 Å². The first-order valence-corrected chi connectivity index (χ1v) is 10.7. The second-order valence-electron chi connectivity index (χ2n) is 5.97. The zero-order valence-electron chi connectivity index (χ0n) is 16.4. The minimum Gasteiger partial charge on any atom is -0.475 e. The standard InChI is InChI=1S/C17H30N4O4S.HI/c1-5-18-17(21-14(2)8-12-26(4,22)23)20-13-15-7-6-9-19-16(15)25-11-10-24-3;/h6-7,9,14H,5,8,10-13H2,1-4H3,(H2,18,20,21);1H. The number of halogens is 1. The van der Waals surface area contributed by atoms with Gasteiger partial charge in [0.2, 0.25) is 5.88 Å². The number of nitrogens with zero attached hydrogens (tertiary/aromatic N) is 2. The lowest BCUT2D eigenvalue weighted by atomic mass is 10.2. The molecule has 1 rings (SSSR count). The molecule has 0 aliphatic rings. The third kappa shape index (κ3) is 12.0. The van der Waals surface area contributed by atoms with Gasteiger partial charge in [-0.05, 0) is 26.3 Å². The Balaban J connectivity index is 0.00000676. The second kappa shape index (κ2) is 13.9. The van der Waals surface area contributed by atoms with Gasteiger partial charge in [0.15, 0.2) is 5.96 Å². The van der Waals surface area contributed by atoms with Gasteiger partial charge in [-0.1, -0.05) is 6.07 Å². The maximum Gasteiger partial charge on any atom is 0.218 e. The van der Waals surface area contributed by atoms with Gasteiger partial charge in [0, 0.05) is 37.7 Å². The zero-order chi connectivity index (χ0) is 19.4. The lowest BCUT2D eigenvalue weighted by Gasteiger charge is -2.17. The van der Waals surface area contributed by atoms with Gasteiger partial charge in [-0.2, -0.15) is 0 Å². The van der Waals surface area contributed by atoms with Crippen LogP contribution in [0, 0.1) is 0 Å². The summed E-state index contributed by atoms with van der Waals surface area (Å²) in [7, 11) is -1.36. The highest BCUT2D eigenvalue weighted by atomic mass is 127. The van der Waals surface area contributed by atoms with E-state index in [2.05, 4.69) is 20.6 Å². The second-order valence-corrected chi connectivity index (χ2v) is 8.23. The zero-order valence-corrected chi connectivity index (χ0v) is 19.5. The van der Waals surface area contributed by atoms with Crippen molar-refractivity contribution in [3.05, 3.63) is 23.9 Å². The van der Waals surface area contributed by atoms with Crippen molar-refractivity contribution >= 4 is 39.8 Å². The van der Waals surface area contributed by atoms with Crippen LogP contribution in [0.5, 0.6) is 5.88 Å². The van der Waals surface area contributed by atoms with E-state index in [1.165, 1.54) is 6.26 Å².